The molecule has 0 aromatic heterocycles. The summed E-state index contributed by atoms with van der Waals surface area (Å²) in [7, 11) is 0. The van der Waals surface area contributed by atoms with Gasteiger partial charge in [-0.2, -0.15) is 5.26 Å². The van der Waals surface area contributed by atoms with Crippen LogP contribution in [0.5, 0.6) is 5.75 Å². The summed E-state index contributed by atoms with van der Waals surface area (Å²) in [5.41, 5.74) is 2.25. The van der Waals surface area contributed by atoms with Crippen LogP contribution in [-0.2, 0) is 11.4 Å². The van der Waals surface area contributed by atoms with Crippen molar-refractivity contribution in [2.75, 3.05) is 5.32 Å². The van der Waals surface area contributed by atoms with E-state index in [2.05, 4.69) is 5.32 Å². The topological polar surface area (TPSA) is 62.1 Å². The fraction of sp³-hybridized carbons (Fsp3) is 0.0435. The third-order valence-corrected chi connectivity index (χ3v) is 4.72. The van der Waals surface area contributed by atoms with Crippen molar-refractivity contribution in [3.05, 3.63) is 99.5 Å². The molecule has 1 N–H and O–H groups in total. The highest BCUT2D eigenvalue weighted by Gasteiger charge is 2.09. The van der Waals surface area contributed by atoms with Crippen molar-refractivity contribution < 1.29 is 9.53 Å². The Morgan fingerprint density at radius 2 is 1.72 bits per heavy atom. The van der Waals surface area contributed by atoms with Gasteiger partial charge in [-0.15, -0.1) is 0 Å². The summed E-state index contributed by atoms with van der Waals surface area (Å²) in [6.45, 7) is 0.342. The predicted molar refractivity (Wildman–Crippen MR) is 116 cm³/mol. The monoisotopic (exact) mass is 422 g/mol. The number of nitrogens with zero attached hydrogens (tertiary/aromatic N) is 1. The lowest BCUT2D eigenvalue weighted by atomic mass is 10.1. The van der Waals surface area contributed by atoms with Gasteiger partial charge in [0.15, 0.2) is 0 Å². The third kappa shape index (κ3) is 5.86. The van der Waals surface area contributed by atoms with Gasteiger partial charge in [-0.05, 0) is 53.6 Å². The summed E-state index contributed by atoms with van der Waals surface area (Å²) in [6.07, 6.45) is 1.53. The predicted octanol–water partition coefficient (Wildman–Crippen LogP) is 6.12. The maximum Gasteiger partial charge on any atom is 0.266 e. The first kappa shape index (κ1) is 20.5. The minimum atomic E-state index is -0.460. The van der Waals surface area contributed by atoms with E-state index in [9.17, 15) is 10.1 Å². The fourth-order valence-electron chi connectivity index (χ4n) is 2.49. The van der Waals surface area contributed by atoms with Crippen LogP contribution in [0.25, 0.3) is 6.08 Å². The highest BCUT2D eigenvalue weighted by atomic mass is 35.5. The molecule has 0 saturated carbocycles. The average molecular weight is 423 g/mol. The second-order valence-corrected chi connectivity index (χ2v) is 6.91. The van der Waals surface area contributed by atoms with E-state index in [1.165, 1.54) is 6.08 Å². The molecule has 0 spiro atoms. The second kappa shape index (κ2) is 9.79. The van der Waals surface area contributed by atoms with Gasteiger partial charge in [0.25, 0.3) is 5.91 Å². The number of nitrogens with one attached hydrogen (secondary N) is 1. The van der Waals surface area contributed by atoms with Crippen molar-refractivity contribution in [2.24, 2.45) is 0 Å². The molecule has 0 heterocycles. The van der Waals surface area contributed by atoms with Crippen molar-refractivity contribution in [3.63, 3.8) is 0 Å². The van der Waals surface area contributed by atoms with Crippen molar-refractivity contribution in [1.29, 1.82) is 5.26 Å². The molecule has 1 amide bonds. The first-order valence-corrected chi connectivity index (χ1v) is 9.46. The van der Waals surface area contributed by atoms with Gasteiger partial charge in [0.2, 0.25) is 0 Å². The quantitative estimate of drug-likeness (QED) is 0.384. The Morgan fingerprint density at radius 3 is 2.38 bits per heavy atom. The molecule has 0 radical (unpaired) electrons. The second-order valence-electron chi connectivity index (χ2n) is 6.10. The zero-order valence-corrected chi connectivity index (χ0v) is 16.7. The van der Waals surface area contributed by atoms with Crippen LogP contribution >= 0.6 is 23.2 Å². The largest absolute Gasteiger partial charge is 0.489 e. The zero-order valence-electron chi connectivity index (χ0n) is 15.2. The zero-order chi connectivity index (χ0) is 20.6. The lowest BCUT2D eigenvalue weighted by Gasteiger charge is -2.08. The van der Waals surface area contributed by atoms with Crippen molar-refractivity contribution in [2.45, 2.75) is 6.61 Å². The summed E-state index contributed by atoms with van der Waals surface area (Å²) < 4.78 is 5.73. The summed E-state index contributed by atoms with van der Waals surface area (Å²) in [4.78, 5) is 12.3. The van der Waals surface area contributed by atoms with Crippen LogP contribution in [-0.4, -0.2) is 5.91 Å². The molecule has 0 aliphatic rings. The molecule has 29 heavy (non-hydrogen) atoms. The molecule has 3 rings (SSSR count). The van der Waals surface area contributed by atoms with Crippen molar-refractivity contribution >= 4 is 40.9 Å². The van der Waals surface area contributed by atoms with Gasteiger partial charge < -0.3 is 10.1 Å². The molecule has 3 aromatic rings. The molecule has 3 aromatic carbocycles. The number of anilines is 1. The standard InChI is InChI=1S/C23H16Cl2N2O2/c24-21-11-8-17(13-22(21)25)15-29-20-9-6-16(7-10-20)12-18(14-26)23(28)27-19-4-2-1-3-5-19/h1-13H,15H2,(H,27,28). The number of para-hydroxylation sites is 1. The first-order valence-electron chi connectivity index (χ1n) is 8.70. The SMILES string of the molecule is N#CC(=Cc1ccc(OCc2ccc(Cl)c(Cl)c2)cc1)C(=O)Nc1ccccc1. The molecule has 0 bridgehead atoms. The summed E-state index contributed by atoms with van der Waals surface area (Å²) in [6, 6.07) is 23.3. The number of carbonyl (C=O) groups is 1. The molecule has 0 fully saturated rings. The van der Waals surface area contributed by atoms with Crippen LogP contribution in [0.3, 0.4) is 0 Å². The Morgan fingerprint density at radius 1 is 1.00 bits per heavy atom. The van der Waals surface area contributed by atoms with E-state index in [4.69, 9.17) is 27.9 Å². The third-order valence-electron chi connectivity index (χ3n) is 3.98. The molecule has 0 saturated heterocycles. The number of benzene rings is 3. The van der Waals surface area contributed by atoms with E-state index in [0.29, 0.717) is 33.7 Å². The summed E-state index contributed by atoms with van der Waals surface area (Å²) in [5, 5.41) is 13.0. The highest BCUT2D eigenvalue weighted by molar-refractivity contribution is 6.42. The number of halogens is 2. The van der Waals surface area contributed by atoms with E-state index in [0.717, 1.165) is 5.56 Å². The van der Waals surface area contributed by atoms with E-state index < -0.39 is 5.91 Å². The van der Waals surface area contributed by atoms with Crippen LogP contribution in [0, 0.1) is 11.3 Å². The lowest BCUT2D eigenvalue weighted by molar-refractivity contribution is -0.112. The van der Waals surface area contributed by atoms with E-state index in [1.807, 2.05) is 30.3 Å². The number of nitriles is 1. The molecule has 0 atom stereocenters. The van der Waals surface area contributed by atoms with Gasteiger partial charge >= 0.3 is 0 Å². The molecule has 0 unspecified atom stereocenters. The molecule has 0 aliphatic carbocycles. The van der Waals surface area contributed by atoms with E-state index in [-0.39, 0.29) is 5.57 Å². The smallest absolute Gasteiger partial charge is 0.266 e. The number of amides is 1. The molecule has 4 nitrogen and oxygen atoms in total. The van der Waals surface area contributed by atoms with Gasteiger partial charge in [0.1, 0.15) is 24.0 Å². The van der Waals surface area contributed by atoms with Crippen LogP contribution in [0.2, 0.25) is 10.0 Å². The van der Waals surface area contributed by atoms with Gasteiger partial charge in [0.05, 0.1) is 10.0 Å². The molecular formula is C23H16Cl2N2O2. The van der Waals surface area contributed by atoms with Crippen molar-refractivity contribution in [3.8, 4) is 11.8 Å². The van der Waals surface area contributed by atoms with E-state index >= 15 is 0 Å². The Kier molecular flexibility index (Phi) is 6.91. The molecule has 6 heteroatoms. The number of hydrogen-bond acceptors (Lipinski definition) is 3. The van der Waals surface area contributed by atoms with Crippen LogP contribution in [0.4, 0.5) is 5.69 Å². The maximum absolute atomic E-state index is 12.3. The Hall–Kier alpha value is -3.26. The van der Waals surface area contributed by atoms with Crippen LogP contribution in [0.15, 0.2) is 78.4 Å². The number of rotatable bonds is 6. The van der Waals surface area contributed by atoms with Crippen LogP contribution in [0.1, 0.15) is 11.1 Å². The Balaban J connectivity index is 1.64. The minimum absolute atomic E-state index is 0.0123. The minimum Gasteiger partial charge on any atom is -0.489 e. The Labute approximate surface area is 179 Å². The molecular weight excluding hydrogens is 407 g/mol. The fourth-order valence-corrected chi connectivity index (χ4v) is 2.81. The van der Waals surface area contributed by atoms with E-state index in [1.54, 1.807) is 48.5 Å². The van der Waals surface area contributed by atoms with Gasteiger partial charge in [-0.1, -0.05) is 59.6 Å². The first-order chi connectivity index (χ1) is 14.0. The number of ether oxygens (including phenoxy) is 1. The lowest BCUT2D eigenvalue weighted by Crippen LogP contribution is -2.13. The molecule has 144 valence electrons. The number of carbonyl (C=O) groups excluding carboxylic acids is 1. The van der Waals surface area contributed by atoms with Gasteiger partial charge in [-0.3, -0.25) is 4.79 Å². The Bertz CT molecular complexity index is 1070. The number of hydrogen-bond donors (Lipinski definition) is 1. The van der Waals surface area contributed by atoms with Gasteiger partial charge in [-0.25, -0.2) is 0 Å². The van der Waals surface area contributed by atoms with Crippen LogP contribution < -0.4 is 10.1 Å². The summed E-state index contributed by atoms with van der Waals surface area (Å²) >= 11 is 11.9. The molecule has 0 aliphatic heterocycles. The van der Waals surface area contributed by atoms with Crippen molar-refractivity contribution in [1.82, 2.24) is 0 Å². The summed E-state index contributed by atoms with van der Waals surface area (Å²) in [5.74, 6) is 0.194. The highest BCUT2D eigenvalue weighted by Crippen LogP contribution is 2.23. The normalized spacial score (nSPS) is 10.9. The average Bonchev–Trinajstić information content (AvgIpc) is 2.74. The van der Waals surface area contributed by atoms with Gasteiger partial charge in [0, 0.05) is 5.69 Å². The maximum atomic E-state index is 12.3.